The normalized spacial score (nSPS) is 10.4. The first-order valence-electron chi connectivity index (χ1n) is 5.96. The summed E-state index contributed by atoms with van der Waals surface area (Å²) in [6.45, 7) is 6.35. The average molecular weight is 235 g/mol. The number of amides is 1. The molecule has 0 aliphatic heterocycles. The second kappa shape index (κ2) is 6.28. The zero-order valence-corrected chi connectivity index (χ0v) is 11.1. The number of rotatable bonds is 5. The summed E-state index contributed by atoms with van der Waals surface area (Å²) in [5.41, 5.74) is 1.22. The fourth-order valence-corrected chi connectivity index (χ4v) is 1.46. The summed E-state index contributed by atoms with van der Waals surface area (Å²) in [4.78, 5) is 12.8. The molecule has 0 saturated heterocycles. The lowest BCUT2D eigenvalue weighted by molar-refractivity contribution is -0.127. The summed E-state index contributed by atoms with van der Waals surface area (Å²) in [7, 11) is 1.82. The second-order valence-electron chi connectivity index (χ2n) is 4.50. The lowest BCUT2D eigenvalue weighted by atomic mass is 10.1. The van der Waals surface area contributed by atoms with E-state index in [0.717, 1.165) is 18.7 Å². The minimum atomic E-state index is 0.102. The Labute approximate surface area is 103 Å². The summed E-state index contributed by atoms with van der Waals surface area (Å²) in [5.74, 6) is 0.994. The van der Waals surface area contributed by atoms with Crippen LogP contribution in [0.3, 0.4) is 0 Å². The lowest BCUT2D eigenvalue weighted by Gasteiger charge is -2.15. The number of benzene rings is 1. The van der Waals surface area contributed by atoms with Crippen molar-refractivity contribution in [3.8, 4) is 5.75 Å². The van der Waals surface area contributed by atoms with Crippen LogP contribution in [-0.4, -0.2) is 30.5 Å². The Morgan fingerprint density at radius 3 is 2.35 bits per heavy atom. The summed E-state index contributed by atoms with van der Waals surface area (Å²) in [5, 5.41) is 0. The van der Waals surface area contributed by atoms with Crippen molar-refractivity contribution in [2.24, 2.45) is 0 Å². The van der Waals surface area contributed by atoms with Gasteiger partial charge < -0.3 is 9.64 Å². The Balaban J connectivity index is 2.48. The Hall–Kier alpha value is -1.51. The standard InChI is InChI=1S/C14H21NO2/c1-11(2)17-14-7-5-13(6-8-14)9-10-15(4)12(3)16/h5-8,11H,9-10H2,1-4H3. The summed E-state index contributed by atoms with van der Waals surface area (Å²) in [6.07, 6.45) is 1.07. The number of carbonyl (C=O) groups excluding carboxylic acids is 1. The minimum Gasteiger partial charge on any atom is -0.491 e. The average Bonchev–Trinajstić information content (AvgIpc) is 2.26. The third kappa shape index (κ3) is 4.89. The molecule has 0 N–H and O–H groups in total. The van der Waals surface area contributed by atoms with E-state index in [-0.39, 0.29) is 12.0 Å². The monoisotopic (exact) mass is 235 g/mol. The number of ether oxygens (including phenoxy) is 1. The predicted molar refractivity (Wildman–Crippen MR) is 69.2 cm³/mol. The van der Waals surface area contributed by atoms with Gasteiger partial charge in [0.05, 0.1) is 6.10 Å². The van der Waals surface area contributed by atoms with Gasteiger partial charge in [-0.1, -0.05) is 12.1 Å². The predicted octanol–water partition coefficient (Wildman–Crippen LogP) is 2.49. The first-order chi connectivity index (χ1) is 7.99. The maximum atomic E-state index is 11.0. The summed E-state index contributed by atoms with van der Waals surface area (Å²) in [6, 6.07) is 8.05. The molecule has 94 valence electrons. The molecule has 0 heterocycles. The topological polar surface area (TPSA) is 29.5 Å². The molecule has 0 spiro atoms. The maximum Gasteiger partial charge on any atom is 0.219 e. The molecule has 0 aromatic heterocycles. The molecule has 3 nitrogen and oxygen atoms in total. The van der Waals surface area contributed by atoms with E-state index in [0.29, 0.717) is 0 Å². The van der Waals surface area contributed by atoms with Crippen molar-refractivity contribution in [1.29, 1.82) is 0 Å². The van der Waals surface area contributed by atoms with E-state index in [1.165, 1.54) is 5.56 Å². The van der Waals surface area contributed by atoms with Crippen LogP contribution < -0.4 is 4.74 Å². The van der Waals surface area contributed by atoms with Crippen LogP contribution >= 0.6 is 0 Å². The van der Waals surface area contributed by atoms with E-state index in [2.05, 4.69) is 0 Å². The second-order valence-corrected chi connectivity index (χ2v) is 4.50. The third-order valence-electron chi connectivity index (χ3n) is 2.57. The van der Waals surface area contributed by atoms with Gasteiger partial charge in [-0.2, -0.15) is 0 Å². The van der Waals surface area contributed by atoms with Crippen LogP contribution in [0.5, 0.6) is 5.75 Å². The smallest absolute Gasteiger partial charge is 0.219 e. The molecule has 3 heteroatoms. The zero-order valence-electron chi connectivity index (χ0n) is 11.1. The Morgan fingerprint density at radius 1 is 1.29 bits per heavy atom. The molecule has 1 amide bonds. The highest BCUT2D eigenvalue weighted by Crippen LogP contribution is 2.14. The SMILES string of the molecule is CC(=O)N(C)CCc1ccc(OC(C)C)cc1. The van der Waals surface area contributed by atoms with Gasteiger partial charge in [0.1, 0.15) is 5.75 Å². The molecule has 0 atom stereocenters. The molecule has 1 aromatic rings. The van der Waals surface area contributed by atoms with Crippen LogP contribution in [0.2, 0.25) is 0 Å². The van der Waals surface area contributed by atoms with Gasteiger partial charge in [0.2, 0.25) is 5.91 Å². The van der Waals surface area contributed by atoms with Gasteiger partial charge in [-0.05, 0) is 38.0 Å². The van der Waals surface area contributed by atoms with E-state index in [1.54, 1.807) is 11.8 Å². The number of carbonyl (C=O) groups is 1. The molecule has 17 heavy (non-hydrogen) atoms. The molecule has 0 fully saturated rings. The van der Waals surface area contributed by atoms with Gasteiger partial charge in [-0.3, -0.25) is 4.79 Å². The highest BCUT2D eigenvalue weighted by atomic mass is 16.5. The van der Waals surface area contributed by atoms with Crippen LogP contribution in [0.4, 0.5) is 0 Å². The van der Waals surface area contributed by atoms with Gasteiger partial charge in [-0.25, -0.2) is 0 Å². The van der Waals surface area contributed by atoms with Gasteiger partial charge in [0.15, 0.2) is 0 Å². The third-order valence-corrected chi connectivity index (χ3v) is 2.57. The highest BCUT2D eigenvalue weighted by molar-refractivity contribution is 5.72. The van der Waals surface area contributed by atoms with Crippen LogP contribution in [0, 0.1) is 0 Å². The summed E-state index contributed by atoms with van der Waals surface area (Å²) >= 11 is 0. The highest BCUT2D eigenvalue weighted by Gasteiger charge is 2.03. The van der Waals surface area contributed by atoms with E-state index < -0.39 is 0 Å². The van der Waals surface area contributed by atoms with Crippen molar-refractivity contribution < 1.29 is 9.53 Å². The van der Waals surface area contributed by atoms with Gasteiger partial charge >= 0.3 is 0 Å². The molecule has 0 bridgehead atoms. The van der Waals surface area contributed by atoms with Crippen molar-refractivity contribution in [3.63, 3.8) is 0 Å². The fourth-order valence-electron chi connectivity index (χ4n) is 1.46. The Kier molecular flexibility index (Phi) is 5.01. The molecular formula is C14H21NO2. The van der Waals surface area contributed by atoms with Crippen LogP contribution in [0.25, 0.3) is 0 Å². The van der Waals surface area contributed by atoms with Crippen LogP contribution in [-0.2, 0) is 11.2 Å². The molecular weight excluding hydrogens is 214 g/mol. The first-order valence-corrected chi connectivity index (χ1v) is 5.96. The van der Waals surface area contributed by atoms with Crippen molar-refractivity contribution in [3.05, 3.63) is 29.8 Å². The van der Waals surface area contributed by atoms with Crippen LogP contribution in [0.15, 0.2) is 24.3 Å². The van der Waals surface area contributed by atoms with Crippen molar-refractivity contribution >= 4 is 5.91 Å². The van der Waals surface area contributed by atoms with E-state index in [9.17, 15) is 4.79 Å². The van der Waals surface area contributed by atoms with Crippen molar-refractivity contribution in [2.45, 2.75) is 33.3 Å². The van der Waals surface area contributed by atoms with E-state index in [4.69, 9.17) is 4.74 Å². The number of likely N-dealkylation sites (N-methyl/N-ethyl adjacent to an activating group) is 1. The van der Waals surface area contributed by atoms with Gasteiger partial charge in [0, 0.05) is 20.5 Å². The zero-order chi connectivity index (χ0) is 12.8. The largest absolute Gasteiger partial charge is 0.491 e. The lowest BCUT2D eigenvalue weighted by Crippen LogP contribution is -2.26. The summed E-state index contributed by atoms with van der Waals surface area (Å²) < 4.78 is 5.57. The molecule has 1 aromatic carbocycles. The minimum absolute atomic E-state index is 0.102. The molecule has 0 radical (unpaired) electrons. The number of nitrogens with zero attached hydrogens (tertiary/aromatic N) is 1. The first kappa shape index (κ1) is 13.6. The Morgan fingerprint density at radius 2 is 1.88 bits per heavy atom. The number of hydrogen-bond acceptors (Lipinski definition) is 2. The van der Waals surface area contributed by atoms with E-state index in [1.807, 2.05) is 45.2 Å². The van der Waals surface area contributed by atoms with Crippen LogP contribution in [0.1, 0.15) is 26.3 Å². The quantitative estimate of drug-likeness (QED) is 0.784. The molecule has 0 saturated carbocycles. The number of hydrogen-bond donors (Lipinski definition) is 0. The molecule has 0 unspecified atom stereocenters. The maximum absolute atomic E-state index is 11.0. The Bertz CT molecular complexity index is 357. The van der Waals surface area contributed by atoms with Gasteiger partial charge in [-0.15, -0.1) is 0 Å². The molecule has 0 aliphatic rings. The van der Waals surface area contributed by atoms with Crippen molar-refractivity contribution in [1.82, 2.24) is 4.90 Å². The van der Waals surface area contributed by atoms with Crippen molar-refractivity contribution in [2.75, 3.05) is 13.6 Å². The van der Waals surface area contributed by atoms with E-state index >= 15 is 0 Å². The van der Waals surface area contributed by atoms with Gasteiger partial charge in [0.25, 0.3) is 0 Å². The molecule has 0 aliphatic carbocycles. The fraction of sp³-hybridized carbons (Fsp3) is 0.500. The molecule has 1 rings (SSSR count).